The molecule has 0 radical (unpaired) electrons. The van der Waals surface area contributed by atoms with Crippen molar-refractivity contribution in [3.63, 3.8) is 0 Å². The van der Waals surface area contributed by atoms with Crippen LogP contribution >= 0.6 is 0 Å². The van der Waals surface area contributed by atoms with Gasteiger partial charge >= 0.3 is 0 Å². The smallest absolute Gasteiger partial charge is 0.165 e. The number of para-hydroxylation sites is 1. The quantitative estimate of drug-likeness (QED) is 0.730. The van der Waals surface area contributed by atoms with Crippen molar-refractivity contribution in [2.24, 2.45) is 0 Å². The molecule has 0 saturated heterocycles. The molecule has 4 nitrogen and oxygen atoms in total. The second-order valence-corrected chi connectivity index (χ2v) is 6.00. The lowest BCUT2D eigenvalue weighted by Gasteiger charge is -2.29. The Morgan fingerprint density at radius 2 is 1.87 bits per heavy atom. The highest BCUT2D eigenvalue weighted by molar-refractivity contribution is 5.77. The number of benzene rings is 1. The van der Waals surface area contributed by atoms with Gasteiger partial charge in [-0.25, -0.2) is 4.39 Å². The number of hydrogen-bond donors (Lipinski definition) is 0. The third-order valence-electron chi connectivity index (χ3n) is 4.52. The van der Waals surface area contributed by atoms with E-state index in [9.17, 15) is 4.39 Å². The molecule has 23 heavy (non-hydrogen) atoms. The van der Waals surface area contributed by atoms with Crippen LogP contribution in [0.3, 0.4) is 0 Å². The van der Waals surface area contributed by atoms with E-state index in [1.807, 2.05) is 18.5 Å². The van der Waals surface area contributed by atoms with Gasteiger partial charge in [0.2, 0.25) is 0 Å². The molecule has 0 bridgehead atoms. The molecule has 3 aromatic rings. The lowest BCUT2D eigenvalue weighted by Crippen LogP contribution is -2.26. The minimum Gasteiger partial charge on any atom is -0.487 e. The minimum absolute atomic E-state index is 0.0756. The second kappa shape index (κ2) is 5.99. The van der Waals surface area contributed by atoms with E-state index in [4.69, 9.17) is 4.74 Å². The standard InChI is InChI=1S/C18H18FN3O/c19-16-3-1-2-4-18(16)23-15-7-5-14(6-8-15)22-17-9-10-20-11-13(17)12-21-22/h1-4,9-12,14-15H,5-8H2. The van der Waals surface area contributed by atoms with E-state index in [-0.39, 0.29) is 11.9 Å². The lowest BCUT2D eigenvalue weighted by molar-refractivity contribution is 0.126. The molecule has 0 N–H and O–H groups in total. The summed E-state index contributed by atoms with van der Waals surface area (Å²) in [6.07, 6.45) is 9.36. The van der Waals surface area contributed by atoms with E-state index in [1.165, 1.54) is 6.07 Å². The maximum Gasteiger partial charge on any atom is 0.165 e. The molecule has 0 aliphatic heterocycles. The largest absolute Gasteiger partial charge is 0.487 e. The van der Waals surface area contributed by atoms with E-state index in [1.54, 1.807) is 24.4 Å². The van der Waals surface area contributed by atoms with Gasteiger partial charge in [-0.05, 0) is 43.9 Å². The normalized spacial score (nSPS) is 21.4. The fraction of sp³-hybridized carbons (Fsp3) is 0.333. The number of ether oxygens (including phenoxy) is 1. The molecule has 0 atom stereocenters. The molecule has 118 valence electrons. The summed E-state index contributed by atoms with van der Waals surface area (Å²) in [7, 11) is 0. The van der Waals surface area contributed by atoms with Gasteiger partial charge in [0.1, 0.15) is 0 Å². The summed E-state index contributed by atoms with van der Waals surface area (Å²) < 4.78 is 21.6. The number of pyridine rings is 1. The topological polar surface area (TPSA) is 39.9 Å². The van der Waals surface area contributed by atoms with Crippen LogP contribution in [0.1, 0.15) is 31.7 Å². The Bertz CT molecular complexity index is 809. The Morgan fingerprint density at radius 3 is 2.70 bits per heavy atom. The fourth-order valence-electron chi connectivity index (χ4n) is 3.31. The predicted octanol–water partition coefficient (Wildman–Crippen LogP) is 4.13. The van der Waals surface area contributed by atoms with Crippen molar-refractivity contribution >= 4 is 10.9 Å². The van der Waals surface area contributed by atoms with Crippen molar-refractivity contribution < 1.29 is 9.13 Å². The van der Waals surface area contributed by atoms with Gasteiger partial charge in [0, 0.05) is 17.8 Å². The molecule has 5 heteroatoms. The van der Waals surface area contributed by atoms with Crippen molar-refractivity contribution in [3.8, 4) is 5.75 Å². The molecular weight excluding hydrogens is 293 g/mol. The first-order valence-electron chi connectivity index (χ1n) is 7.99. The molecule has 1 aliphatic carbocycles. The zero-order chi connectivity index (χ0) is 15.6. The van der Waals surface area contributed by atoms with E-state index in [2.05, 4.69) is 14.8 Å². The molecule has 1 aliphatic rings. The number of fused-ring (bicyclic) bond motifs is 1. The van der Waals surface area contributed by atoms with Crippen molar-refractivity contribution in [2.45, 2.75) is 37.8 Å². The van der Waals surface area contributed by atoms with E-state index >= 15 is 0 Å². The van der Waals surface area contributed by atoms with Crippen molar-refractivity contribution in [1.29, 1.82) is 0 Å². The number of aromatic nitrogens is 3. The molecule has 4 rings (SSSR count). The Labute approximate surface area is 133 Å². The molecular formula is C18H18FN3O. The van der Waals surface area contributed by atoms with Gasteiger partial charge in [0.25, 0.3) is 0 Å². The lowest BCUT2D eigenvalue weighted by atomic mass is 9.93. The first-order chi connectivity index (χ1) is 11.3. The van der Waals surface area contributed by atoms with Crippen LogP contribution in [0.2, 0.25) is 0 Å². The molecule has 2 heterocycles. The second-order valence-electron chi connectivity index (χ2n) is 6.00. The summed E-state index contributed by atoms with van der Waals surface area (Å²) in [5.74, 6) is 0.0618. The third-order valence-corrected chi connectivity index (χ3v) is 4.52. The average molecular weight is 311 g/mol. The Morgan fingerprint density at radius 1 is 1.04 bits per heavy atom. The number of rotatable bonds is 3. The average Bonchev–Trinajstić information content (AvgIpc) is 3.02. The van der Waals surface area contributed by atoms with Gasteiger partial charge in [0.05, 0.1) is 23.9 Å². The molecule has 0 amide bonds. The van der Waals surface area contributed by atoms with Gasteiger partial charge in [-0.15, -0.1) is 0 Å². The van der Waals surface area contributed by atoms with Gasteiger partial charge in [-0.2, -0.15) is 5.10 Å². The van der Waals surface area contributed by atoms with Crippen LogP contribution in [0.25, 0.3) is 10.9 Å². The van der Waals surface area contributed by atoms with Crippen LogP contribution in [0, 0.1) is 5.82 Å². The van der Waals surface area contributed by atoms with Crippen molar-refractivity contribution in [3.05, 3.63) is 54.7 Å². The van der Waals surface area contributed by atoms with Gasteiger partial charge in [-0.3, -0.25) is 9.67 Å². The van der Waals surface area contributed by atoms with E-state index < -0.39 is 0 Å². The zero-order valence-corrected chi connectivity index (χ0v) is 12.7. The number of hydrogen-bond acceptors (Lipinski definition) is 3. The van der Waals surface area contributed by atoms with Crippen LogP contribution < -0.4 is 4.74 Å². The van der Waals surface area contributed by atoms with Crippen molar-refractivity contribution in [1.82, 2.24) is 14.8 Å². The van der Waals surface area contributed by atoms with Gasteiger partial charge < -0.3 is 4.74 Å². The maximum absolute atomic E-state index is 13.7. The Kier molecular flexibility index (Phi) is 3.69. The Balaban J connectivity index is 1.44. The molecule has 1 aromatic carbocycles. The Hall–Kier alpha value is -2.43. The number of halogens is 1. The third kappa shape index (κ3) is 2.79. The van der Waals surface area contributed by atoms with Crippen LogP contribution in [0.4, 0.5) is 4.39 Å². The highest BCUT2D eigenvalue weighted by Crippen LogP contribution is 2.32. The van der Waals surface area contributed by atoms with Crippen LogP contribution in [-0.2, 0) is 0 Å². The number of nitrogens with zero attached hydrogens (tertiary/aromatic N) is 3. The molecule has 0 spiro atoms. The molecule has 0 unspecified atom stereocenters. The van der Waals surface area contributed by atoms with E-state index in [0.29, 0.717) is 11.8 Å². The predicted molar refractivity (Wildman–Crippen MR) is 85.8 cm³/mol. The highest BCUT2D eigenvalue weighted by Gasteiger charge is 2.25. The van der Waals surface area contributed by atoms with Crippen LogP contribution in [0.15, 0.2) is 48.9 Å². The summed E-state index contributed by atoms with van der Waals surface area (Å²) in [4.78, 5) is 4.13. The molecule has 1 fully saturated rings. The van der Waals surface area contributed by atoms with Gasteiger partial charge in [0.15, 0.2) is 11.6 Å². The highest BCUT2D eigenvalue weighted by atomic mass is 19.1. The van der Waals surface area contributed by atoms with E-state index in [0.717, 1.165) is 36.6 Å². The monoisotopic (exact) mass is 311 g/mol. The van der Waals surface area contributed by atoms with Crippen LogP contribution in [0.5, 0.6) is 5.75 Å². The SMILES string of the molecule is Fc1ccccc1OC1CCC(n2ncc3cnccc32)CC1. The first-order valence-corrected chi connectivity index (χ1v) is 7.99. The minimum atomic E-state index is -0.291. The zero-order valence-electron chi connectivity index (χ0n) is 12.7. The summed E-state index contributed by atoms with van der Waals surface area (Å²) in [5, 5.41) is 5.58. The molecule has 2 aromatic heterocycles. The van der Waals surface area contributed by atoms with Gasteiger partial charge in [-0.1, -0.05) is 12.1 Å². The first kappa shape index (κ1) is 14.2. The summed E-state index contributed by atoms with van der Waals surface area (Å²) in [6, 6.07) is 8.98. The molecule has 1 saturated carbocycles. The van der Waals surface area contributed by atoms with Crippen molar-refractivity contribution in [2.75, 3.05) is 0 Å². The summed E-state index contributed by atoms with van der Waals surface area (Å²) in [5.41, 5.74) is 1.12. The fourth-order valence-corrected chi connectivity index (χ4v) is 3.31. The summed E-state index contributed by atoms with van der Waals surface area (Å²) in [6.45, 7) is 0. The summed E-state index contributed by atoms with van der Waals surface area (Å²) >= 11 is 0. The van der Waals surface area contributed by atoms with Crippen LogP contribution in [-0.4, -0.2) is 20.9 Å². The maximum atomic E-state index is 13.7.